The monoisotopic (exact) mass is 223 g/mol. The maximum Gasteiger partial charge on any atom is 0.414 e. The Kier molecular flexibility index (Phi) is 5.57. The zero-order valence-corrected chi connectivity index (χ0v) is 11.0. The first-order chi connectivity index (χ1) is 7.25. The number of amides is 1. The minimum Gasteiger partial charge on any atom is -0.410 e. The molecule has 0 aliphatic rings. The van der Waals surface area contributed by atoms with Crippen molar-refractivity contribution < 1.29 is 9.53 Å². The van der Waals surface area contributed by atoms with Crippen LogP contribution >= 0.6 is 0 Å². The fourth-order valence-electron chi connectivity index (χ4n) is 1.19. The molecule has 3 nitrogen and oxygen atoms in total. The van der Waals surface area contributed by atoms with Crippen LogP contribution in [0, 0.1) is 0 Å². The second-order valence-corrected chi connectivity index (χ2v) is 4.27. The highest BCUT2D eigenvalue weighted by molar-refractivity contribution is 5.69. The second-order valence-electron chi connectivity index (χ2n) is 4.27. The van der Waals surface area contributed by atoms with Crippen LogP contribution < -0.4 is 0 Å². The molecule has 16 heavy (non-hydrogen) atoms. The number of hydrogen-bond acceptors (Lipinski definition) is 2. The Labute approximate surface area is 98.1 Å². The zero-order valence-electron chi connectivity index (χ0n) is 11.0. The quantitative estimate of drug-likeness (QED) is 0.541. The van der Waals surface area contributed by atoms with Crippen molar-refractivity contribution in [3.8, 4) is 0 Å². The number of carbonyl (C=O) groups is 1. The molecule has 0 aliphatic heterocycles. The molecule has 0 aromatic carbocycles. The molecular formula is C13H21NO2. The molecule has 3 heteroatoms. The lowest BCUT2D eigenvalue weighted by Crippen LogP contribution is -2.23. The van der Waals surface area contributed by atoms with Crippen molar-refractivity contribution in [2.45, 2.75) is 27.7 Å². The van der Waals surface area contributed by atoms with Gasteiger partial charge in [0.15, 0.2) is 0 Å². The Balaban J connectivity index is 5.01. The number of ether oxygens (including phenoxy) is 1. The van der Waals surface area contributed by atoms with Crippen LogP contribution in [-0.2, 0) is 4.74 Å². The lowest BCUT2D eigenvalue weighted by Gasteiger charge is -2.15. The molecule has 0 aromatic rings. The molecule has 1 amide bonds. The summed E-state index contributed by atoms with van der Waals surface area (Å²) in [5, 5.41) is 0. The summed E-state index contributed by atoms with van der Waals surface area (Å²) in [5.41, 5.74) is 2.80. The second kappa shape index (κ2) is 6.16. The molecule has 0 heterocycles. The molecule has 0 aromatic heterocycles. The van der Waals surface area contributed by atoms with Gasteiger partial charge in [0.25, 0.3) is 0 Å². The fourth-order valence-corrected chi connectivity index (χ4v) is 1.19. The lowest BCUT2D eigenvalue weighted by atomic mass is 10.1. The fraction of sp³-hybridized carbons (Fsp3) is 0.462. The number of allylic oxidation sites excluding steroid dienone is 4. The van der Waals surface area contributed by atoms with E-state index in [0.29, 0.717) is 5.76 Å². The maximum atomic E-state index is 11.5. The molecule has 0 aliphatic carbocycles. The third-order valence-electron chi connectivity index (χ3n) is 1.83. The van der Waals surface area contributed by atoms with Crippen LogP contribution in [0.1, 0.15) is 27.7 Å². The van der Waals surface area contributed by atoms with E-state index in [1.165, 1.54) is 4.90 Å². The van der Waals surface area contributed by atoms with Gasteiger partial charge in [-0.25, -0.2) is 4.79 Å². The van der Waals surface area contributed by atoms with Gasteiger partial charge in [0, 0.05) is 14.1 Å². The van der Waals surface area contributed by atoms with Crippen molar-refractivity contribution in [1.82, 2.24) is 4.90 Å². The van der Waals surface area contributed by atoms with Gasteiger partial charge in [-0.15, -0.1) is 0 Å². The molecule has 0 saturated carbocycles. The van der Waals surface area contributed by atoms with Gasteiger partial charge in [-0.2, -0.15) is 0 Å². The molecule has 0 atom stereocenters. The molecule has 0 spiro atoms. The van der Waals surface area contributed by atoms with E-state index in [9.17, 15) is 4.79 Å². The van der Waals surface area contributed by atoms with Crippen LogP contribution in [0.5, 0.6) is 0 Å². The molecule has 0 rings (SSSR count). The average Bonchev–Trinajstić information content (AvgIpc) is 2.11. The van der Waals surface area contributed by atoms with E-state index in [1.54, 1.807) is 14.1 Å². The first kappa shape index (κ1) is 14.5. The Morgan fingerprint density at radius 1 is 1.19 bits per heavy atom. The van der Waals surface area contributed by atoms with E-state index < -0.39 is 0 Å². The van der Waals surface area contributed by atoms with Crippen LogP contribution in [0.15, 0.2) is 35.1 Å². The van der Waals surface area contributed by atoms with E-state index in [2.05, 4.69) is 6.58 Å². The molecule has 0 bridgehead atoms. The van der Waals surface area contributed by atoms with Gasteiger partial charge in [0.05, 0.1) is 0 Å². The Morgan fingerprint density at radius 2 is 1.69 bits per heavy atom. The number of hydrogen-bond donors (Lipinski definition) is 0. The third kappa shape index (κ3) is 4.82. The van der Waals surface area contributed by atoms with E-state index in [-0.39, 0.29) is 6.09 Å². The smallest absolute Gasteiger partial charge is 0.410 e. The first-order valence-corrected chi connectivity index (χ1v) is 5.16. The van der Waals surface area contributed by atoms with E-state index >= 15 is 0 Å². The summed E-state index contributed by atoms with van der Waals surface area (Å²) in [6.45, 7) is 11.4. The Hall–Kier alpha value is -1.51. The topological polar surface area (TPSA) is 29.5 Å². The summed E-state index contributed by atoms with van der Waals surface area (Å²) >= 11 is 0. The predicted octanol–water partition coefficient (Wildman–Crippen LogP) is 3.50. The largest absolute Gasteiger partial charge is 0.414 e. The van der Waals surface area contributed by atoms with E-state index in [0.717, 1.165) is 16.7 Å². The third-order valence-corrected chi connectivity index (χ3v) is 1.83. The van der Waals surface area contributed by atoms with Crippen molar-refractivity contribution >= 4 is 6.09 Å². The zero-order chi connectivity index (χ0) is 12.9. The molecular weight excluding hydrogens is 202 g/mol. The number of rotatable bonds is 3. The number of carbonyl (C=O) groups excluding carboxylic acids is 1. The minimum atomic E-state index is -0.370. The highest BCUT2D eigenvalue weighted by Gasteiger charge is 2.11. The van der Waals surface area contributed by atoms with Gasteiger partial charge in [-0.1, -0.05) is 18.2 Å². The van der Waals surface area contributed by atoms with E-state index in [1.807, 2.05) is 33.8 Å². The van der Waals surface area contributed by atoms with Gasteiger partial charge in [0.2, 0.25) is 0 Å². The van der Waals surface area contributed by atoms with Crippen molar-refractivity contribution in [3.05, 3.63) is 35.1 Å². The molecule has 0 saturated heterocycles. The van der Waals surface area contributed by atoms with Crippen LogP contribution in [0.3, 0.4) is 0 Å². The summed E-state index contributed by atoms with van der Waals surface area (Å²) < 4.78 is 5.29. The van der Waals surface area contributed by atoms with Crippen LogP contribution in [0.2, 0.25) is 0 Å². The standard InChI is InChI=1S/C13H21NO2/c1-9(2)8-11(5)12(10(3)4)16-13(15)14(6)7/h8H,1H2,2-7H3. The first-order valence-electron chi connectivity index (χ1n) is 5.16. The van der Waals surface area contributed by atoms with Crippen molar-refractivity contribution in [2.24, 2.45) is 0 Å². The summed E-state index contributed by atoms with van der Waals surface area (Å²) in [6, 6.07) is 0. The van der Waals surface area contributed by atoms with Crippen LogP contribution in [0.4, 0.5) is 4.79 Å². The summed E-state index contributed by atoms with van der Waals surface area (Å²) in [6.07, 6.45) is 1.52. The average molecular weight is 223 g/mol. The van der Waals surface area contributed by atoms with Gasteiger partial charge in [-0.3, -0.25) is 0 Å². The summed E-state index contributed by atoms with van der Waals surface area (Å²) in [4.78, 5) is 12.9. The summed E-state index contributed by atoms with van der Waals surface area (Å²) in [5.74, 6) is 0.613. The van der Waals surface area contributed by atoms with Crippen molar-refractivity contribution in [3.63, 3.8) is 0 Å². The minimum absolute atomic E-state index is 0.370. The maximum absolute atomic E-state index is 11.5. The van der Waals surface area contributed by atoms with Gasteiger partial charge < -0.3 is 9.64 Å². The highest BCUT2D eigenvalue weighted by Crippen LogP contribution is 2.18. The Bertz CT molecular complexity index is 345. The molecule has 0 radical (unpaired) electrons. The predicted molar refractivity (Wildman–Crippen MR) is 67.1 cm³/mol. The lowest BCUT2D eigenvalue weighted by molar-refractivity contribution is 0.147. The highest BCUT2D eigenvalue weighted by atomic mass is 16.6. The Morgan fingerprint density at radius 3 is 2.00 bits per heavy atom. The molecule has 90 valence electrons. The molecule has 0 unspecified atom stereocenters. The molecule has 0 N–H and O–H groups in total. The van der Waals surface area contributed by atoms with Gasteiger partial charge >= 0.3 is 6.09 Å². The normalized spacial score (nSPS) is 10.8. The van der Waals surface area contributed by atoms with Crippen molar-refractivity contribution in [1.29, 1.82) is 0 Å². The SMILES string of the molecule is C=C(C)C=C(C)C(OC(=O)N(C)C)=C(C)C. The van der Waals surface area contributed by atoms with Gasteiger partial charge in [0.1, 0.15) is 5.76 Å². The molecule has 0 fully saturated rings. The van der Waals surface area contributed by atoms with Crippen LogP contribution in [0.25, 0.3) is 0 Å². The summed E-state index contributed by atoms with van der Waals surface area (Å²) in [7, 11) is 3.31. The van der Waals surface area contributed by atoms with Crippen LogP contribution in [-0.4, -0.2) is 25.1 Å². The van der Waals surface area contributed by atoms with Crippen molar-refractivity contribution in [2.75, 3.05) is 14.1 Å². The van der Waals surface area contributed by atoms with E-state index in [4.69, 9.17) is 4.74 Å². The van der Waals surface area contributed by atoms with Gasteiger partial charge in [-0.05, 0) is 38.8 Å². The number of nitrogens with zero attached hydrogens (tertiary/aromatic N) is 1.